The third kappa shape index (κ3) is 3.77. The minimum Gasteiger partial charge on any atom is -0.493 e. The van der Waals surface area contributed by atoms with E-state index in [9.17, 15) is 4.21 Å². The Hall–Kier alpha value is -2.33. The molecule has 0 saturated carbocycles. The Morgan fingerprint density at radius 3 is 2.67 bits per heavy atom. The van der Waals surface area contributed by atoms with E-state index in [1.807, 2.05) is 45.0 Å². The molecule has 8 nitrogen and oxygen atoms in total. The monoisotopic (exact) mass is 469 g/mol. The number of pyridine rings is 1. The Balaban J connectivity index is 1.20. The molecule has 0 radical (unpaired) electrons. The zero-order chi connectivity index (χ0) is 22.8. The third-order valence-corrected chi connectivity index (χ3v) is 8.12. The summed E-state index contributed by atoms with van der Waals surface area (Å²) >= 11 is 0. The summed E-state index contributed by atoms with van der Waals surface area (Å²) in [5, 5.41) is 0.642. The molecule has 2 aromatic heterocycles. The molecule has 0 amide bonds. The number of aromatic nitrogens is 3. The summed E-state index contributed by atoms with van der Waals surface area (Å²) in [7, 11) is -1.32. The summed E-state index contributed by atoms with van der Waals surface area (Å²) in [5.41, 5.74) is 3.64. The van der Waals surface area contributed by atoms with Gasteiger partial charge in [0.05, 0.1) is 36.8 Å². The largest absolute Gasteiger partial charge is 0.493 e. The van der Waals surface area contributed by atoms with E-state index < -0.39 is 16.6 Å². The highest BCUT2D eigenvalue weighted by Gasteiger charge is 2.78. The maximum atomic E-state index is 13.5. The van der Waals surface area contributed by atoms with Gasteiger partial charge in [-0.15, -0.1) is 0 Å². The van der Waals surface area contributed by atoms with Gasteiger partial charge in [-0.25, -0.2) is 4.98 Å². The van der Waals surface area contributed by atoms with Crippen molar-refractivity contribution < 1.29 is 18.4 Å². The van der Waals surface area contributed by atoms with E-state index in [0.29, 0.717) is 36.8 Å². The van der Waals surface area contributed by atoms with Crippen molar-refractivity contribution in [2.45, 2.75) is 43.5 Å². The van der Waals surface area contributed by atoms with E-state index in [2.05, 4.69) is 15.7 Å². The van der Waals surface area contributed by atoms with Crippen LogP contribution in [-0.2, 0) is 26.0 Å². The minimum absolute atomic E-state index is 0.171. The number of para-hydroxylation sites is 2. The molecule has 3 aromatic rings. The van der Waals surface area contributed by atoms with Crippen LogP contribution < -0.4 is 9.33 Å². The molecule has 0 N–H and O–H groups in total. The molecule has 6 rings (SSSR count). The second kappa shape index (κ2) is 7.59. The van der Waals surface area contributed by atoms with Crippen LogP contribution in [0, 0.1) is 12.8 Å². The summed E-state index contributed by atoms with van der Waals surface area (Å²) in [5.74, 6) is 0.705. The first-order valence-corrected chi connectivity index (χ1v) is 12.8. The zero-order valence-corrected chi connectivity index (χ0v) is 20.0. The molecule has 0 spiro atoms. The van der Waals surface area contributed by atoms with Crippen LogP contribution in [0.25, 0.3) is 11.0 Å². The number of hydrogen-bond donors (Lipinski definition) is 0. The summed E-state index contributed by atoms with van der Waals surface area (Å²) in [6.07, 6.45) is 1.72. The van der Waals surface area contributed by atoms with Crippen molar-refractivity contribution in [1.82, 2.24) is 19.2 Å². The first-order valence-electron chi connectivity index (χ1n) is 11.4. The number of fused-ring (bicyclic) bond motifs is 2. The molecule has 0 aliphatic carbocycles. The summed E-state index contributed by atoms with van der Waals surface area (Å²) in [4.78, 5) is 9.29. The molecule has 5 heterocycles. The third-order valence-electron chi connectivity index (χ3n) is 6.91. The second-order valence-corrected chi connectivity index (χ2v) is 11.1. The number of benzene rings is 1. The minimum atomic E-state index is -1.32. The molecule has 174 valence electrons. The van der Waals surface area contributed by atoms with Gasteiger partial charge in [-0.3, -0.25) is 9.19 Å². The van der Waals surface area contributed by atoms with Crippen molar-refractivity contribution in [3.63, 3.8) is 0 Å². The van der Waals surface area contributed by atoms with Gasteiger partial charge in [-0.1, -0.05) is 12.1 Å². The lowest BCUT2D eigenvalue weighted by Gasteiger charge is -2.34. The van der Waals surface area contributed by atoms with E-state index in [0.717, 1.165) is 45.7 Å². The molecular formula is C24H29N4O4S+. The molecule has 1 aromatic carbocycles. The van der Waals surface area contributed by atoms with Gasteiger partial charge in [0.1, 0.15) is 22.1 Å². The number of rotatable bonds is 7. The Labute approximate surface area is 195 Å². The first kappa shape index (κ1) is 21.2. The molecule has 1 unspecified atom stereocenters. The molecule has 9 heteroatoms. The first-order chi connectivity index (χ1) is 15.9. The summed E-state index contributed by atoms with van der Waals surface area (Å²) < 4.78 is 34.1. The van der Waals surface area contributed by atoms with E-state index in [1.165, 1.54) is 0 Å². The summed E-state index contributed by atoms with van der Waals surface area (Å²) in [6.45, 7) is 9.73. The van der Waals surface area contributed by atoms with Crippen LogP contribution in [0.1, 0.15) is 25.1 Å². The number of ether oxygens (including phenoxy) is 3. The molecule has 3 aliphatic heterocycles. The van der Waals surface area contributed by atoms with Gasteiger partial charge in [0, 0.05) is 17.7 Å². The van der Waals surface area contributed by atoms with Crippen LogP contribution in [0.4, 0.5) is 0 Å². The van der Waals surface area contributed by atoms with Crippen LogP contribution >= 0.6 is 0 Å². The lowest BCUT2D eigenvalue weighted by molar-refractivity contribution is -0.264. The average Bonchev–Trinajstić information content (AvgIpc) is 3.63. The second-order valence-electron chi connectivity index (χ2n) is 9.77. The fraction of sp³-hybridized carbons (Fsp3) is 0.500. The SMILES string of the molecule is Cc1c(OCC2COC(C)(C)OC2)ccnc1CS(=O)c1nc2ccccc2n1[N+]12CC1C2. The van der Waals surface area contributed by atoms with Crippen molar-refractivity contribution in [3.05, 3.63) is 47.8 Å². The number of quaternary nitrogens is 1. The van der Waals surface area contributed by atoms with Gasteiger partial charge >= 0.3 is 0 Å². The van der Waals surface area contributed by atoms with Crippen molar-refractivity contribution in [3.8, 4) is 5.75 Å². The maximum Gasteiger partial charge on any atom is 0.249 e. The molecule has 3 fully saturated rings. The van der Waals surface area contributed by atoms with Gasteiger partial charge in [0.2, 0.25) is 11.2 Å². The Morgan fingerprint density at radius 1 is 1.21 bits per heavy atom. The van der Waals surface area contributed by atoms with Crippen molar-refractivity contribution in [2.75, 3.05) is 32.9 Å². The van der Waals surface area contributed by atoms with Gasteiger partial charge in [-0.2, -0.15) is 9.27 Å². The van der Waals surface area contributed by atoms with Gasteiger partial charge in [-0.05, 0) is 39.0 Å². The van der Waals surface area contributed by atoms with Crippen molar-refractivity contribution in [2.24, 2.45) is 5.92 Å². The Kier molecular flexibility index (Phi) is 4.88. The fourth-order valence-electron chi connectivity index (χ4n) is 4.51. The summed E-state index contributed by atoms with van der Waals surface area (Å²) in [6, 6.07) is 10.6. The molecule has 33 heavy (non-hydrogen) atoms. The smallest absolute Gasteiger partial charge is 0.249 e. The van der Waals surface area contributed by atoms with Crippen molar-refractivity contribution >= 4 is 21.8 Å². The molecular weight excluding hydrogens is 440 g/mol. The highest BCUT2D eigenvalue weighted by atomic mass is 32.2. The predicted molar refractivity (Wildman–Crippen MR) is 125 cm³/mol. The normalized spacial score (nSPS) is 26.7. The van der Waals surface area contributed by atoms with E-state index in [4.69, 9.17) is 19.2 Å². The van der Waals surface area contributed by atoms with Crippen molar-refractivity contribution in [1.29, 1.82) is 0 Å². The van der Waals surface area contributed by atoms with Crippen LogP contribution in [0.5, 0.6) is 5.75 Å². The van der Waals surface area contributed by atoms with Crippen LogP contribution in [0.2, 0.25) is 0 Å². The number of nitrogens with zero attached hydrogens (tertiary/aromatic N) is 4. The van der Waals surface area contributed by atoms with E-state index in [-0.39, 0.29) is 5.92 Å². The standard InChI is InChI=1S/C24H29N4O4S/c1-16-20(25-9-8-22(16)30-12-17-13-31-24(2,3)32-14-17)15-33(29)23-26-19-6-4-5-7-21(19)27(23)28-10-18(28)11-28/h4-9,17-18H,10-15H2,1-3H3/q+1. The van der Waals surface area contributed by atoms with E-state index in [1.54, 1.807) is 6.20 Å². The quantitative estimate of drug-likeness (QED) is 0.391. The van der Waals surface area contributed by atoms with Gasteiger partial charge in [0.25, 0.3) is 0 Å². The van der Waals surface area contributed by atoms with Crippen LogP contribution in [0.15, 0.2) is 41.7 Å². The number of imidazole rings is 1. The van der Waals surface area contributed by atoms with Gasteiger partial charge < -0.3 is 14.2 Å². The number of hydrogen-bond acceptors (Lipinski definition) is 6. The zero-order valence-electron chi connectivity index (χ0n) is 19.2. The van der Waals surface area contributed by atoms with Crippen LogP contribution in [0.3, 0.4) is 0 Å². The molecule has 0 bridgehead atoms. The fourth-order valence-corrected chi connectivity index (χ4v) is 5.84. The molecule has 3 saturated heterocycles. The Morgan fingerprint density at radius 2 is 1.94 bits per heavy atom. The lowest BCUT2D eigenvalue weighted by Crippen LogP contribution is -2.41. The lowest BCUT2D eigenvalue weighted by atomic mass is 10.1. The highest BCUT2D eigenvalue weighted by molar-refractivity contribution is 7.84. The molecule has 1 atom stereocenters. The predicted octanol–water partition coefficient (Wildman–Crippen LogP) is 2.66. The highest BCUT2D eigenvalue weighted by Crippen LogP contribution is 2.46. The van der Waals surface area contributed by atoms with E-state index >= 15 is 0 Å². The Bertz CT molecular complexity index is 1240. The maximum absolute atomic E-state index is 13.5. The average molecular weight is 470 g/mol. The molecule has 3 aliphatic rings. The topological polar surface area (TPSA) is 75.5 Å². The van der Waals surface area contributed by atoms with Gasteiger partial charge in [0.15, 0.2) is 18.9 Å². The van der Waals surface area contributed by atoms with Crippen LogP contribution in [-0.4, -0.2) is 63.6 Å².